The fourth-order valence-corrected chi connectivity index (χ4v) is 3.11. The molecule has 1 atom stereocenters. The smallest absolute Gasteiger partial charge is 0.276 e. The maximum atomic E-state index is 12.0. The Morgan fingerprint density at radius 1 is 0.933 bits per heavy atom. The van der Waals surface area contributed by atoms with E-state index in [2.05, 4.69) is 40.6 Å². The van der Waals surface area contributed by atoms with Crippen LogP contribution in [0.2, 0.25) is 0 Å². The summed E-state index contributed by atoms with van der Waals surface area (Å²) in [6, 6.07) is 13.3. The third-order valence-corrected chi connectivity index (χ3v) is 5.22. The van der Waals surface area contributed by atoms with Gasteiger partial charge in [0.05, 0.1) is 0 Å². The lowest BCUT2D eigenvalue weighted by Gasteiger charge is -2.15. The van der Waals surface area contributed by atoms with Gasteiger partial charge in [-0.3, -0.25) is 20.4 Å². The Balaban J connectivity index is 1.74. The monoisotopic (exact) mass is 476 g/mol. The maximum Gasteiger partial charge on any atom is 0.276 e. The van der Waals surface area contributed by atoms with Gasteiger partial charge in [0.1, 0.15) is 11.5 Å². The molecule has 0 aromatic heterocycles. The summed E-state index contributed by atoms with van der Waals surface area (Å²) in [5.74, 6) is 1.05. The molecule has 2 aromatic carbocycles. The largest absolute Gasteiger partial charge is 0.484 e. The van der Waals surface area contributed by atoms with Crippen molar-refractivity contribution < 1.29 is 19.1 Å². The van der Waals surface area contributed by atoms with Crippen molar-refractivity contribution in [3.8, 4) is 11.5 Å². The molecule has 0 saturated heterocycles. The van der Waals surface area contributed by atoms with Crippen LogP contribution in [0.5, 0.6) is 11.5 Å². The van der Waals surface area contributed by atoms with Crippen LogP contribution in [0.15, 0.2) is 46.9 Å². The quantitative estimate of drug-likeness (QED) is 0.514. The Hall–Kier alpha value is -2.54. The summed E-state index contributed by atoms with van der Waals surface area (Å²) in [4.78, 5) is 23.9. The topological polar surface area (TPSA) is 76.7 Å². The first-order valence-electron chi connectivity index (χ1n) is 10.0. The van der Waals surface area contributed by atoms with Gasteiger partial charge in [0, 0.05) is 4.47 Å². The minimum absolute atomic E-state index is 0.200. The van der Waals surface area contributed by atoms with E-state index in [9.17, 15) is 9.59 Å². The van der Waals surface area contributed by atoms with Gasteiger partial charge < -0.3 is 9.47 Å². The predicted octanol–water partition coefficient (Wildman–Crippen LogP) is 4.69. The number of rotatable bonds is 9. The first-order valence-corrected chi connectivity index (χ1v) is 10.8. The molecule has 2 amide bonds. The van der Waals surface area contributed by atoms with Crippen LogP contribution in [0.4, 0.5) is 0 Å². The van der Waals surface area contributed by atoms with Gasteiger partial charge in [0.25, 0.3) is 11.8 Å². The van der Waals surface area contributed by atoms with Crippen molar-refractivity contribution in [2.24, 2.45) is 0 Å². The average Bonchev–Trinajstić information content (AvgIpc) is 2.75. The van der Waals surface area contributed by atoms with Gasteiger partial charge in [0.15, 0.2) is 13.2 Å². The molecule has 0 bridgehead atoms. The van der Waals surface area contributed by atoms with Crippen molar-refractivity contribution in [3.63, 3.8) is 0 Å². The van der Waals surface area contributed by atoms with Crippen molar-refractivity contribution in [3.05, 3.63) is 58.1 Å². The molecule has 2 N–H and O–H groups in total. The number of carbonyl (C=O) groups excluding carboxylic acids is 2. The van der Waals surface area contributed by atoms with Crippen LogP contribution in [0.1, 0.15) is 57.1 Å². The van der Waals surface area contributed by atoms with Gasteiger partial charge >= 0.3 is 0 Å². The molecular weight excluding hydrogens is 448 g/mol. The molecule has 30 heavy (non-hydrogen) atoms. The van der Waals surface area contributed by atoms with Crippen LogP contribution in [0.3, 0.4) is 0 Å². The van der Waals surface area contributed by atoms with Crippen LogP contribution in [0, 0.1) is 0 Å². The summed E-state index contributed by atoms with van der Waals surface area (Å²) >= 11 is 3.44. The molecule has 2 rings (SSSR count). The number of hydrogen-bond donors (Lipinski definition) is 2. The van der Waals surface area contributed by atoms with Gasteiger partial charge in [-0.15, -0.1) is 0 Å². The number of ether oxygens (including phenoxy) is 2. The summed E-state index contributed by atoms with van der Waals surface area (Å²) in [6.45, 7) is 7.99. The number of halogens is 1. The fraction of sp³-hybridized carbons (Fsp3) is 0.391. The molecule has 0 fully saturated rings. The van der Waals surface area contributed by atoms with E-state index in [1.54, 1.807) is 0 Å². The standard InChI is InChI=1S/C23H29BrN2O4/c1-5-16(4)17-6-9-19(10-7-17)29-13-22(27)25-26-23(28)14-30-21-11-8-18(24)12-20(21)15(2)3/h6-12,15-16H,5,13-14H2,1-4H3,(H,25,27)(H,26,28). The predicted molar refractivity (Wildman–Crippen MR) is 121 cm³/mol. The molecular formula is C23H29BrN2O4. The Bertz CT molecular complexity index is 853. The Morgan fingerprint density at radius 2 is 1.53 bits per heavy atom. The Morgan fingerprint density at radius 3 is 2.10 bits per heavy atom. The molecule has 0 saturated carbocycles. The second-order valence-electron chi connectivity index (χ2n) is 7.39. The van der Waals surface area contributed by atoms with E-state index >= 15 is 0 Å². The zero-order valence-corrected chi connectivity index (χ0v) is 19.4. The van der Waals surface area contributed by atoms with Crippen LogP contribution in [0.25, 0.3) is 0 Å². The zero-order valence-electron chi connectivity index (χ0n) is 17.8. The molecule has 162 valence electrons. The number of benzene rings is 2. The molecule has 1 unspecified atom stereocenters. The van der Waals surface area contributed by atoms with E-state index in [0.29, 0.717) is 17.4 Å². The molecule has 7 heteroatoms. The minimum Gasteiger partial charge on any atom is -0.484 e. The molecule has 0 spiro atoms. The molecule has 6 nitrogen and oxygen atoms in total. The van der Waals surface area contributed by atoms with Crippen molar-refractivity contribution >= 4 is 27.7 Å². The number of carbonyl (C=O) groups is 2. The number of nitrogens with one attached hydrogen (secondary N) is 2. The van der Waals surface area contributed by atoms with E-state index < -0.39 is 11.8 Å². The van der Waals surface area contributed by atoms with Gasteiger partial charge in [-0.2, -0.15) is 0 Å². The molecule has 0 heterocycles. The first-order chi connectivity index (χ1) is 14.3. The second-order valence-corrected chi connectivity index (χ2v) is 8.30. The van der Waals surface area contributed by atoms with Crippen molar-refractivity contribution in [1.29, 1.82) is 0 Å². The molecule has 0 radical (unpaired) electrons. The van der Waals surface area contributed by atoms with Crippen molar-refractivity contribution in [2.75, 3.05) is 13.2 Å². The zero-order chi connectivity index (χ0) is 22.1. The highest BCUT2D eigenvalue weighted by Gasteiger charge is 2.11. The van der Waals surface area contributed by atoms with Crippen LogP contribution >= 0.6 is 15.9 Å². The normalized spacial score (nSPS) is 11.7. The summed E-state index contributed by atoms with van der Waals surface area (Å²) in [6.07, 6.45) is 1.06. The third kappa shape index (κ3) is 7.37. The average molecular weight is 477 g/mol. The number of hydrogen-bond acceptors (Lipinski definition) is 4. The second kappa shape index (κ2) is 11.6. The minimum atomic E-state index is -0.459. The molecule has 2 aromatic rings. The lowest BCUT2D eigenvalue weighted by molar-refractivity contribution is -0.131. The van der Waals surface area contributed by atoms with E-state index in [1.165, 1.54) is 5.56 Å². The molecule has 0 aliphatic carbocycles. The van der Waals surface area contributed by atoms with E-state index in [4.69, 9.17) is 9.47 Å². The third-order valence-electron chi connectivity index (χ3n) is 4.73. The lowest BCUT2D eigenvalue weighted by atomic mass is 9.99. The Labute approximate surface area is 186 Å². The van der Waals surface area contributed by atoms with Crippen LogP contribution < -0.4 is 20.3 Å². The summed E-state index contributed by atoms with van der Waals surface area (Å²) in [5.41, 5.74) is 6.88. The van der Waals surface area contributed by atoms with E-state index in [0.717, 1.165) is 16.5 Å². The maximum absolute atomic E-state index is 12.0. The Kier molecular flexibility index (Phi) is 9.17. The summed E-state index contributed by atoms with van der Waals surface area (Å²) < 4.78 is 12.0. The first kappa shape index (κ1) is 23.7. The van der Waals surface area contributed by atoms with Gasteiger partial charge in [-0.25, -0.2) is 0 Å². The number of amides is 2. The van der Waals surface area contributed by atoms with E-state index in [-0.39, 0.29) is 19.1 Å². The van der Waals surface area contributed by atoms with Crippen LogP contribution in [-0.2, 0) is 9.59 Å². The van der Waals surface area contributed by atoms with Crippen molar-refractivity contribution in [1.82, 2.24) is 10.9 Å². The lowest BCUT2D eigenvalue weighted by Crippen LogP contribution is -2.45. The van der Waals surface area contributed by atoms with Gasteiger partial charge in [-0.1, -0.05) is 55.8 Å². The van der Waals surface area contributed by atoms with Crippen molar-refractivity contribution in [2.45, 2.75) is 46.0 Å². The van der Waals surface area contributed by atoms with Gasteiger partial charge in [0.2, 0.25) is 0 Å². The highest BCUT2D eigenvalue weighted by atomic mass is 79.9. The van der Waals surface area contributed by atoms with Gasteiger partial charge in [-0.05, 0) is 59.7 Å². The van der Waals surface area contributed by atoms with E-state index in [1.807, 2.05) is 56.3 Å². The molecule has 0 aliphatic rings. The SMILES string of the molecule is CCC(C)c1ccc(OCC(=O)NNC(=O)COc2ccc(Br)cc2C(C)C)cc1. The highest BCUT2D eigenvalue weighted by Crippen LogP contribution is 2.29. The number of hydrazine groups is 1. The molecule has 0 aliphatic heterocycles. The van der Waals surface area contributed by atoms with Crippen LogP contribution in [-0.4, -0.2) is 25.0 Å². The summed E-state index contributed by atoms with van der Waals surface area (Å²) in [5, 5.41) is 0. The summed E-state index contributed by atoms with van der Waals surface area (Å²) in [7, 11) is 0. The fourth-order valence-electron chi connectivity index (χ4n) is 2.73. The highest BCUT2D eigenvalue weighted by molar-refractivity contribution is 9.10.